The van der Waals surface area contributed by atoms with Crippen LogP contribution in [0.4, 0.5) is 5.95 Å². The summed E-state index contributed by atoms with van der Waals surface area (Å²) in [7, 11) is 0. The van der Waals surface area contributed by atoms with E-state index in [9.17, 15) is 0 Å². The Morgan fingerprint density at radius 2 is 2.00 bits per heavy atom. The lowest BCUT2D eigenvalue weighted by Crippen LogP contribution is -2.27. The Labute approximate surface area is 157 Å². The fourth-order valence-electron chi connectivity index (χ4n) is 3.85. The zero-order chi connectivity index (χ0) is 18.4. The average molecular weight is 362 g/mol. The number of fused-ring (bicyclic) bond motifs is 2. The van der Waals surface area contributed by atoms with Crippen LogP contribution < -0.4 is 20.1 Å². The Morgan fingerprint density at radius 3 is 2.85 bits per heavy atom. The molecular formula is C21H22N4O2. The minimum atomic E-state index is 0.207. The van der Waals surface area contributed by atoms with E-state index in [0.29, 0.717) is 13.2 Å². The third-order valence-corrected chi connectivity index (χ3v) is 5.26. The molecule has 3 aromatic rings. The topological polar surface area (TPSA) is 73.5 Å². The van der Waals surface area contributed by atoms with Crippen LogP contribution in [0, 0.1) is 6.92 Å². The first-order chi connectivity index (χ1) is 13.2. The van der Waals surface area contributed by atoms with E-state index in [4.69, 9.17) is 25.2 Å². The number of para-hydroxylation sites is 1. The molecule has 1 atom stereocenters. The van der Waals surface area contributed by atoms with Gasteiger partial charge in [-0.25, -0.2) is 9.97 Å². The molecule has 0 radical (unpaired) electrons. The largest absolute Gasteiger partial charge is 0.486 e. The summed E-state index contributed by atoms with van der Waals surface area (Å²) in [5.41, 5.74) is 10.1. The molecule has 6 heteroatoms. The molecule has 0 spiro atoms. The number of benzene rings is 2. The number of hydrogen-bond donors (Lipinski definition) is 1. The van der Waals surface area contributed by atoms with Crippen LogP contribution in [0.15, 0.2) is 36.4 Å². The second-order valence-electron chi connectivity index (χ2n) is 7.17. The molecule has 2 N–H and O–H groups in total. The van der Waals surface area contributed by atoms with Gasteiger partial charge in [0.25, 0.3) is 0 Å². The summed E-state index contributed by atoms with van der Waals surface area (Å²) in [4.78, 5) is 11.7. The van der Waals surface area contributed by atoms with Gasteiger partial charge in [-0.3, -0.25) is 0 Å². The van der Waals surface area contributed by atoms with Gasteiger partial charge in [0.1, 0.15) is 13.2 Å². The maximum atomic E-state index is 6.03. The van der Waals surface area contributed by atoms with Gasteiger partial charge >= 0.3 is 0 Å². The molecule has 0 bridgehead atoms. The Morgan fingerprint density at radius 1 is 1.11 bits per heavy atom. The van der Waals surface area contributed by atoms with E-state index in [-0.39, 0.29) is 6.04 Å². The highest BCUT2D eigenvalue weighted by molar-refractivity contribution is 5.88. The summed E-state index contributed by atoms with van der Waals surface area (Å²) in [6.07, 6.45) is 0.987. The summed E-state index contributed by atoms with van der Waals surface area (Å²) in [5.74, 6) is 2.38. The summed E-state index contributed by atoms with van der Waals surface area (Å²) in [5, 5.41) is 1.05. The van der Waals surface area contributed by atoms with E-state index < -0.39 is 0 Å². The normalized spacial score (nSPS) is 18.9. The molecule has 0 aliphatic carbocycles. The van der Waals surface area contributed by atoms with Gasteiger partial charge in [-0.05, 0) is 37.1 Å². The lowest BCUT2D eigenvalue weighted by Gasteiger charge is -2.21. The predicted octanol–water partition coefficient (Wildman–Crippen LogP) is 2.91. The number of nitrogens with two attached hydrogens (primary N) is 1. The molecule has 2 aromatic carbocycles. The molecule has 1 saturated heterocycles. The standard InChI is InChI=1S/C21H22N4O2/c1-13-17-11-14(16-3-2-4-19-20(16)27-10-9-26-19)5-6-18(17)24-21(23-13)25-8-7-15(22)12-25/h2-6,11,15H,7-10,12,22H2,1H3. The SMILES string of the molecule is Cc1nc(N2CCC(N)C2)nc2ccc(-c3cccc4c3OCCO4)cc12. The maximum absolute atomic E-state index is 6.03. The molecule has 27 heavy (non-hydrogen) atoms. The number of aryl methyl sites for hydroxylation is 1. The second-order valence-corrected chi connectivity index (χ2v) is 7.17. The fourth-order valence-corrected chi connectivity index (χ4v) is 3.85. The van der Waals surface area contributed by atoms with E-state index in [2.05, 4.69) is 29.2 Å². The average Bonchev–Trinajstić information content (AvgIpc) is 3.14. The van der Waals surface area contributed by atoms with Gasteiger partial charge in [-0.1, -0.05) is 18.2 Å². The smallest absolute Gasteiger partial charge is 0.226 e. The van der Waals surface area contributed by atoms with Gasteiger partial charge in [0.2, 0.25) is 5.95 Å². The Balaban J connectivity index is 1.58. The van der Waals surface area contributed by atoms with Gasteiger partial charge in [-0.15, -0.1) is 0 Å². The lowest BCUT2D eigenvalue weighted by molar-refractivity contribution is 0.172. The number of ether oxygens (including phenoxy) is 2. The Hall–Kier alpha value is -2.86. The molecule has 2 aliphatic rings. The van der Waals surface area contributed by atoms with Crippen LogP contribution in [0.5, 0.6) is 11.5 Å². The van der Waals surface area contributed by atoms with E-state index in [1.54, 1.807) is 0 Å². The maximum Gasteiger partial charge on any atom is 0.226 e. The van der Waals surface area contributed by atoms with Crippen molar-refractivity contribution in [3.63, 3.8) is 0 Å². The predicted molar refractivity (Wildman–Crippen MR) is 106 cm³/mol. The highest BCUT2D eigenvalue weighted by Crippen LogP contribution is 2.40. The molecule has 0 amide bonds. The Bertz CT molecular complexity index is 1020. The molecule has 1 unspecified atom stereocenters. The fraction of sp³-hybridized carbons (Fsp3) is 0.333. The quantitative estimate of drug-likeness (QED) is 0.756. The van der Waals surface area contributed by atoms with Crippen molar-refractivity contribution in [1.82, 2.24) is 9.97 Å². The van der Waals surface area contributed by atoms with E-state index in [0.717, 1.165) is 64.7 Å². The number of anilines is 1. The summed E-state index contributed by atoms with van der Waals surface area (Å²) in [6.45, 7) is 4.92. The van der Waals surface area contributed by atoms with Crippen molar-refractivity contribution in [3.8, 4) is 22.6 Å². The van der Waals surface area contributed by atoms with Crippen molar-refractivity contribution in [2.24, 2.45) is 5.73 Å². The zero-order valence-corrected chi connectivity index (χ0v) is 15.3. The Kier molecular flexibility index (Phi) is 3.86. The number of nitrogens with zero attached hydrogens (tertiary/aromatic N) is 3. The van der Waals surface area contributed by atoms with Crippen LogP contribution in [0.3, 0.4) is 0 Å². The summed E-state index contributed by atoms with van der Waals surface area (Å²) < 4.78 is 11.6. The van der Waals surface area contributed by atoms with Gasteiger partial charge in [0.05, 0.1) is 11.2 Å². The number of aromatic nitrogens is 2. The molecule has 2 aliphatic heterocycles. The number of rotatable bonds is 2. The third-order valence-electron chi connectivity index (χ3n) is 5.26. The summed E-state index contributed by atoms with van der Waals surface area (Å²) >= 11 is 0. The molecule has 1 fully saturated rings. The minimum Gasteiger partial charge on any atom is -0.486 e. The van der Waals surface area contributed by atoms with Crippen molar-refractivity contribution in [2.75, 3.05) is 31.2 Å². The van der Waals surface area contributed by atoms with Crippen molar-refractivity contribution >= 4 is 16.9 Å². The molecular weight excluding hydrogens is 340 g/mol. The van der Waals surface area contributed by atoms with Crippen LogP contribution in [0.1, 0.15) is 12.1 Å². The molecule has 138 valence electrons. The zero-order valence-electron chi connectivity index (χ0n) is 15.3. The minimum absolute atomic E-state index is 0.207. The molecule has 1 aromatic heterocycles. The molecule has 6 nitrogen and oxygen atoms in total. The van der Waals surface area contributed by atoms with Crippen LogP contribution in [-0.4, -0.2) is 42.3 Å². The van der Waals surface area contributed by atoms with Gasteiger partial charge < -0.3 is 20.1 Å². The van der Waals surface area contributed by atoms with E-state index in [1.807, 2.05) is 19.1 Å². The monoisotopic (exact) mass is 362 g/mol. The van der Waals surface area contributed by atoms with Gasteiger partial charge in [0, 0.05) is 30.1 Å². The van der Waals surface area contributed by atoms with E-state index >= 15 is 0 Å². The molecule has 0 saturated carbocycles. The summed E-state index contributed by atoms with van der Waals surface area (Å²) in [6, 6.07) is 12.5. The lowest BCUT2D eigenvalue weighted by atomic mass is 10.0. The number of hydrogen-bond acceptors (Lipinski definition) is 6. The van der Waals surface area contributed by atoms with Crippen LogP contribution in [0.25, 0.3) is 22.0 Å². The van der Waals surface area contributed by atoms with Crippen molar-refractivity contribution in [3.05, 3.63) is 42.1 Å². The second kappa shape index (κ2) is 6.39. The highest BCUT2D eigenvalue weighted by Gasteiger charge is 2.22. The molecule has 3 heterocycles. The van der Waals surface area contributed by atoms with Gasteiger partial charge in [-0.2, -0.15) is 0 Å². The van der Waals surface area contributed by atoms with Crippen LogP contribution in [0.2, 0.25) is 0 Å². The third kappa shape index (κ3) is 2.86. The molecule has 5 rings (SSSR count). The van der Waals surface area contributed by atoms with Crippen molar-refractivity contribution in [2.45, 2.75) is 19.4 Å². The first kappa shape index (κ1) is 16.3. The van der Waals surface area contributed by atoms with Crippen molar-refractivity contribution in [1.29, 1.82) is 0 Å². The highest BCUT2D eigenvalue weighted by atomic mass is 16.6. The van der Waals surface area contributed by atoms with Gasteiger partial charge in [0.15, 0.2) is 11.5 Å². The van der Waals surface area contributed by atoms with Crippen LogP contribution >= 0.6 is 0 Å². The first-order valence-corrected chi connectivity index (χ1v) is 9.37. The van der Waals surface area contributed by atoms with E-state index in [1.165, 1.54) is 0 Å². The van der Waals surface area contributed by atoms with Crippen LogP contribution in [-0.2, 0) is 0 Å². The van der Waals surface area contributed by atoms with Crippen molar-refractivity contribution < 1.29 is 9.47 Å². The first-order valence-electron chi connectivity index (χ1n) is 9.37.